The molecular weight excluding hydrogens is 363 g/mol. The Balaban J connectivity index is 1.97. The number of benzene rings is 2. The normalized spacial score (nSPS) is 10.5. The van der Waals surface area contributed by atoms with Gasteiger partial charge in [0, 0.05) is 0 Å². The first-order valence-corrected chi connectivity index (χ1v) is 8.73. The van der Waals surface area contributed by atoms with Crippen LogP contribution in [0.5, 0.6) is 5.75 Å². The minimum atomic E-state index is -0.697. The summed E-state index contributed by atoms with van der Waals surface area (Å²) in [5.74, 6) is -1.05. The Morgan fingerprint density at radius 1 is 1.11 bits per heavy atom. The van der Waals surface area contributed by atoms with Gasteiger partial charge < -0.3 is 9.47 Å². The van der Waals surface area contributed by atoms with Crippen molar-refractivity contribution in [2.75, 3.05) is 6.61 Å². The van der Waals surface area contributed by atoms with Crippen molar-refractivity contribution in [3.05, 3.63) is 87.6 Å². The summed E-state index contributed by atoms with van der Waals surface area (Å²) >= 11 is 0. The number of carbonyl (C=O) groups excluding carboxylic acids is 1. The van der Waals surface area contributed by atoms with E-state index in [0.29, 0.717) is 11.3 Å². The number of halogens is 1. The lowest BCUT2D eigenvalue weighted by Crippen LogP contribution is -2.25. The summed E-state index contributed by atoms with van der Waals surface area (Å²) in [7, 11) is 0. The molecule has 0 fully saturated rings. The molecule has 6 nitrogen and oxygen atoms in total. The van der Waals surface area contributed by atoms with Crippen LogP contribution in [0.1, 0.15) is 28.5 Å². The molecule has 7 heteroatoms. The van der Waals surface area contributed by atoms with E-state index in [0.717, 1.165) is 10.2 Å². The molecule has 1 aromatic heterocycles. The minimum Gasteiger partial charge on any atom is -0.486 e. The highest BCUT2D eigenvalue weighted by molar-refractivity contribution is 5.90. The number of rotatable bonds is 6. The van der Waals surface area contributed by atoms with E-state index in [2.05, 4.69) is 5.10 Å². The van der Waals surface area contributed by atoms with Crippen molar-refractivity contribution in [1.82, 2.24) is 9.78 Å². The van der Waals surface area contributed by atoms with Crippen LogP contribution in [-0.4, -0.2) is 22.4 Å². The van der Waals surface area contributed by atoms with Gasteiger partial charge in [-0.3, -0.25) is 4.79 Å². The van der Waals surface area contributed by atoms with E-state index in [1.807, 2.05) is 19.1 Å². The number of carbonyl (C=O) groups is 1. The van der Waals surface area contributed by atoms with Crippen molar-refractivity contribution in [1.29, 1.82) is 0 Å². The van der Waals surface area contributed by atoms with Crippen LogP contribution in [-0.2, 0) is 11.3 Å². The zero-order valence-electron chi connectivity index (χ0n) is 15.5. The number of aromatic nitrogens is 2. The minimum absolute atomic E-state index is 0.0103. The average Bonchev–Trinajstić information content (AvgIpc) is 2.68. The van der Waals surface area contributed by atoms with Gasteiger partial charge in [0.25, 0.3) is 5.56 Å². The average molecular weight is 382 g/mol. The molecule has 0 aliphatic rings. The molecule has 1 heterocycles. The first-order valence-electron chi connectivity index (χ1n) is 8.73. The van der Waals surface area contributed by atoms with Crippen LogP contribution >= 0.6 is 0 Å². The highest BCUT2D eigenvalue weighted by Gasteiger charge is 2.20. The van der Waals surface area contributed by atoms with Crippen LogP contribution in [0.2, 0.25) is 0 Å². The Hall–Kier alpha value is -3.48. The Bertz CT molecular complexity index is 1030. The Morgan fingerprint density at radius 2 is 1.79 bits per heavy atom. The van der Waals surface area contributed by atoms with Crippen molar-refractivity contribution in [3.8, 4) is 11.4 Å². The lowest BCUT2D eigenvalue weighted by molar-refractivity contribution is 0.0511. The van der Waals surface area contributed by atoms with E-state index in [4.69, 9.17) is 9.47 Å². The number of esters is 1. The maximum absolute atomic E-state index is 13.0. The topological polar surface area (TPSA) is 70.4 Å². The Morgan fingerprint density at radius 3 is 2.43 bits per heavy atom. The quantitative estimate of drug-likeness (QED) is 0.611. The van der Waals surface area contributed by atoms with Crippen LogP contribution in [0.3, 0.4) is 0 Å². The van der Waals surface area contributed by atoms with Gasteiger partial charge in [-0.15, -0.1) is 0 Å². The number of ether oxygens (including phenoxy) is 2. The largest absolute Gasteiger partial charge is 0.486 e. The molecule has 144 valence electrons. The molecule has 0 bridgehead atoms. The molecule has 0 unspecified atom stereocenters. The van der Waals surface area contributed by atoms with Gasteiger partial charge in [0.05, 0.1) is 18.4 Å². The van der Waals surface area contributed by atoms with Crippen LogP contribution in [0, 0.1) is 12.7 Å². The van der Waals surface area contributed by atoms with Crippen LogP contribution in [0.25, 0.3) is 5.69 Å². The van der Waals surface area contributed by atoms with Gasteiger partial charge in [-0.1, -0.05) is 29.8 Å². The third kappa shape index (κ3) is 4.43. The summed E-state index contributed by atoms with van der Waals surface area (Å²) in [6.45, 7) is 3.80. The zero-order chi connectivity index (χ0) is 20.1. The molecule has 3 aromatic rings. The van der Waals surface area contributed by atoms with E-state index < -0.39 is 11.5 Å². The SMILES string of the molecule is CCOC(=O)c1nn(-c2ccc(C)cc2)c(=O)cc1OCc1ccc(F)cc1. The van der Waals surface area contributed by atoms with Gasteiger partial charge in [-0.05, 0) is 43.7 Å². The standard InChI is InChI=1S/C21H19FN2O4/c1-3-27-21(26)20-18(28-13-15-6-8-16(22)9-7-15)12-19(25)24(23-20)17-10-4-14(2)5-11-17/h4-12H,3,13H2,1-2H3. The van der Waals surface area contributed by atoms with Crippen LogP contribution < -0.4 is 10.3 Å². The highest BCUT2D eigenvalue weighted by Crippen LogP contribution is 2.18. The predicted molar refractivity (Wildman–Crippen MR) is 101 cm³/mol. The summed E-state index contributed by atoms with van der Waals surface area (Å²) < 4.78 is 24.8. The summed E-state index contributed by atoms with van der Waals surface area (Å²) in [6.07, 6.45) is 0. The van der Waals surface area contributed by atoms with Crippen LogP contribution in [0.15, 0.2) is 59.4 Å². The van der Waals surface area contributed by atoms with Crippen molar-refractivity contribution >= 4 is 5.97 Å². The second-order valence-electron chi connectivity index (χ2n) is 6.08. The number of nitrogens with zero attached hydrogens (tertiary/aromatic N) is 2. The summed E-state index contributed by atoms with van der Waals surface area (Å²) in [5, 5.41) is 4.16. The first-order chi connectivity index (χ1) is 13.5. The van der Waals surface area contributed by atoms with Gasteiger partial charge >= 0.3 is 5.97 Å². The molecule has 0 saturated carbocycles. The summed E-state index contributed by atoms with van der Waals surface area (Å²) in [6, 6.07) is 14.1. The predicted octanol–water partition coefficient (Wildman–Crippen LogP) is 3.44. The van der Waals surface area contributed by atoms with E-state index >= 15 is 0 Å². The maximum Gasteiger partial charge on any atom is 0.362 e. The molecule has 0 spiro atoms. The number of hydrogen-bond acceptors (Lipinski definition) is 5. The molecule has 28 heavy (non-hydrogen) atoms. The van der Waals surface area contributed by atoms with Crippen molar-refractivity contribution in [3.63, 3.8) is 0 Å². The van der Waals surface area contributed by atoms with Gasteiger partial charge in [0.15, 0.2) is 5.75 Å². The Kier molecular flexibility index (Phi) is 5.84. The van der Waals surface area contributed by atoms with Gasteiger partial charge in [-0.25, -0.2) is 9.18 Å². The molecule has 3 rings (SSSR count). The lowest BCUT2D eigenvalue weighted by Gasteiger charge is -2.13. The molecule has 0 atom stereocenters. The fourth-order valence-electron chi connectivity index (χ4n) is 2.50. The van der Waals surface area contributed by atoms with Gasteiger partial charge in [0.1, 0.15) is 12.4 Å². The number of hydrogen-bond donors (Lipinski definition) is 0. The molecule has 0 N–H and O–H groups in total. The molecule has 0 amide bonds. The second-order valence-corrected chi connectivity index (χ2v) is 6.08. The third-order valence-electron chi connectivity index (χ3n) is 3.95. The molecule has 0 aliphatic heterocycles. The van der Waals surface area contributed by atoms with Crippen molar-refractivity contribution < 1.29 is 18.7 Å². The molecule has 0 saturated heterocycles. The molecular formula is C21H19FN2O4. The van der Waals surface area contributed by atoms with Crippen LogP contribution in [0.4, 0.5) is 4.39 Å². The Labute approximate surface area is 161 Å². The second kappa shape index (κ2) is 8.47. The molecule has 2 aromatic carbocycles. The monoisotopic (exact) mass is 382 g/mol. The van der Waals surface area contributed by atoms with Crippen molar-refractivity contribution in [2.45, 2.75) is 20.5 Å². The van der Waals surface area contributed by atoms with E-state index in [1.54, 1.807) is 31.2 Å². The van der Waals surface area contributed by atoms with Crippen molar-refractivity contribution in [2.24, 2.45) is 0 Å². The van der Waals surface area contributed by atoms with E-state index in [1.165, 1.54) is 18.2 Å². The van der Waals surface area contributed by atoms with E-state index in [-0.39, 0.29) is 30.5 Å². The smallest absolute Gasteiger partial charge is 0.362 e. The summed E-state index contributed by atoms with van der Waals surface area (Å²) in [5.41, 5.74) is 1.67. The van der Waals surface area contributed by atoms with Gasteiger partial charge in [0.2, 0.25) is 5.69 Å². The highest BCUT2D eigenvalue weighted by atomic mass is 19.1. The van der Waals surface area contributed by atoms with E-state index in [9.17, 15) is 14.0 Å². The fourth-order valence-corrected chi connectivity index (χ4v) is 2.50. The van der Waals surface area contributed by atoms with Gasteiger partial charge in [-0.2, -0.15) is 9.78 Å². The third-order valence-corrected chi connectivity index (χ3v) is 3.95. The first kappa shape index (κ1) is 19.3. The molecule has 0 radical (unpaired) electrons. The number of aryl methyl sites for hydroxylation is 1. The zero-order valence-corrected chi connectivity index (χ0v) is 15.5. The summed E-state index contributed by atoms with van der Waals surface area (Å²) in [4.78, 5) is 24.9. The fraction of sp³-hybridized carbons (Fsp3) is 0.190. The molecule has 0 aliphatic carbocycles. The maximum atomic E-state index is 13.0. The lowest BCUT2D eigenvalue weighted by atomic mass is 10.2.